The minimum absolute atomic E-state index is 0. The fourth-order valence-electron chi connectivity index (χ4n) is 1.98. The summed E-state index contributed by atoms with van der Waals surface area (Å²) in [4.78, 5) is 16.1. The molecule has 0 unspecified atom stereocenters. The van der Waals surface area contributed by atoms with E-state index < -0.39 is 0 Å². The Kier molecular flexibility index (Phi) is 3.45. The zero-order valence-electron chi connectivity index (χ0n) is 8.44. The predicted octanol–water partition coefficient (Wildman–Crippen LogP) is 2.83. The van der Waals surface area contributed by atoms with Gasteiger partial charge in [0.2, 0.25) is 0 Å². The fourth-order valence-corrected chi connectivity index (χ4v) is 1.98. The fraction of sp³-hybridized carbons (Fsp3) is 0.0769. The van der Waals surface area contributed by atoms with E-state index >= 15 is 0 Å². The molecule has 1 aromatic carbocycles. The molecule has 1 aromatic heterocycles. The van der Waals surface area contributed by atoms with Gasteiger partial charge in [0.1, 0.15) is 0 Å². The zero-order chi connectivity index (χ0) is 10.3. The van der Waals surface area contributed by atoms with Crippen LogP contribution >= 0.6 is 0 Å². The smallest absolute Gasteiger partial charge is 0.169 e. The van der Waals surface area contributed by atoms with Crippen LogP contribution < -0.4 is 0 Å². The molecule has 3 rings (SSSR count). The summed E-state index contributed by atoms with van der Waals surface area (Å²) in [6.45, 7) is 0. The second kappa shape index (κ2) is 4.68. The molecule has 0 bridgehead atoms. The van der Waals surface area contributed by atoms with Gasteiger partial charge in [0.15, 0.2) is 5.78 Å². The number of Topliss-reactive ketones (excluding diaryl/α,β-unsaturated/α-hetero) is 1. The summed E-state index contributed by atoms with van der Waals surface area (Å²) >= 11 is 0. The molecule has 0 saturated heterocycles. The summed E-state index contributed by atoms with van der Waals surface area (Å²) in [5.41, 5.74) is 1.57. The van der Waals surface area contributed by atoms with Gasteiger partial charge in [-0.3, -0.25) is 9.78 Å². The number of fused-ring (bicyclic) bond motifs is 3. The molecule has 1 aliphatic carbocycles. The van der Waals surface area contributed by atoms with E-state index in [4.69, 9.17) is 0 Å². The Bertz CT molecular complexity index is 590. The first-order valence-corrected chi connectivity index (χ1v) is 4.94. The van der Waals surface area contributed by atoms with Crippen molar-refractivity contribution in [3.05, 3.63) is 47.8 Å². The van der Waals surface area contributed by atoms with Crippen LogP contribution in [-0.2, 0) is 0 Å². The van der Waals surface area contributed by atoms with Crippen LogP contribution in [0.3, 0.4) is 0 Å². The van der Waals surface area contributed by atoms with Crippen LogP contribution in [-0.4, -0.2) is 10.8 Å². The van der Waals surface area contributed by atoms with E-state index in [1.807, 2.05) is 42.6 Å². The summed E-state index contributed by atoms with van der Waals surface area (Å²) in [5.74, 6) is 0.164. The number of aromatic nitrogens is 1. The van der Waals surface area contributed by atoms with Crippen molar-refractivity contribution in [2.45, 2.75) is 6.42 Å². The maximum absolute atomic E-state index is 11.8. The van der Waals surface area contributed by atoms with Crippen LogP contribution in [0.2, 0.25) is 0 Å². The van der Waals surface area contributed by atoms with Gasteiger partial charge in [-0.25, -0.2) is 0 Å². The average molecular weight is 354 g/mol. The number of nitrogens with zero attached hydrogens (tertiary/aromatic N) is 1. The van der Waals surface area contributed by atoms with E-state index in [-0.39, 0.29) is 44.4 Å². The molecule has 0 spiro atoms. The molecule has 0 fully saturated rings. The van der Waals surface area contributed by atoms with Crippen molar-refractivity contribution in [1.29, 1.82) is 0 Å². The molecule has 1 aliphatic rings. The summed E-state index contributed by atoms with van der Waals surface area (Å²) < 4.78 is 0. The van der Waals surface area contributed by atoms with Crippen LogP contribution in [0, 0.1) is 38.6 Å². The molecule has 1 radical (unpaired) electrons. The molecule has 0 atom stereocenters. The van der Waals surface area contributed by atoms with Crippen molar-refractivity contribution in [3.8, 4) is 0 Å². The summed E-state index contributed by atoms with van der Waals surface area (Å²) in [5, 5.41) is 2.04. The van der Waals surface area contributed by atoms with E-state index in [0.717, 1.165) is 22.0 Å². The normalized spacial score (nSPS) is 13.4. The van der Waals surface area contributed by atoms with Crippen molar-refractivity contribution < 1.29 is 43.4 Å². The minimum Gasteiger partial charge on any atom is -0.294 e. The first kappa shape index (κ1) is 11.8. The number of carbonyl (C=O) groups excluding carboxylic acids is 1. The first-order valence-electron chi connectivity index (χ1n) is 4.94. The Hall–Kier alpha value is -0.674. The predicted molar refractivity (Wildman–Crippen MR) is 59.7 cm³/mol. The zero-order valence-corrected chi connectivity index (χ0v) is 10.6. The van der Waals surface area contributed by atoms with Crippen LogP contribution in [0.5, 0.6) is 0 Å². The van der Waals surface area contributed by atoms with Gasteiger partial charge < -0.3 is 0 Å². The Morgan fingerprint density at radius 3 is 2.88 bits per heavy atom. The molecule has 0 saturated carbocycles. The number of rotatable bonds is 0. The van der Waals surface area contributed by atoms with Crippen molar-refractivity contribution in [2.75, 3.05) is 0 Å². The molecule has 2 aromatic rings. The quantitative estimate of drug-likeness (QED) is 0.728. The maximum atomic E-state index is 11.8. The molecule has 0 N–H and O–H groups in total. The minimum atomic E-state index is 0. The number of benzene rings is 1. The van der Waals surface area contributed by atoms with Crippen LogP contribution in [0.1, 0.15) is 22.5 Å². The largest absolute Gasteiger partial charge is 0.294 e. The molecular weight excluding hydrogens is 345 g/mol. The Labute approximate surface area is 124 Å². The summed E-state index contributed by atoms with van der Waals surface area (Å²) in [6.07, 6.45) is 6.09. The Morgan fingerprint density at radius 1 is 1.19 bits per heavy atom. The van der Waals surface area contributed by atoms with Crippen molar-refractivity contribution >= 4 is 22.6 Å². The second-order valence-electron chi connectivity index (χ2n) is 3.64. The Morgan fingerprint density at radius 2 is 2.00 bits per heavy atom. The van der Waals surface area contributed by atoms with Gasteiger partial charge in [0.25, 0.3) is 0 Å². The van der Waals surface area contributed by atoms with E-state index in [1.165, 1.54) is 0 Å². The molecule has 1 heterocycles. The molecule has 0 amide bonds. The summed E-state index contributed by atoms with van der Waals surface area (Å²) in [7, 11) is 0. The van der Waals surface area contributed by atoms with Gasteiger partial charge >= 0.3 is 0 Å². The Balaban J connectivity index is 0.000000963. The molecule has 2 nitrogen and oxygen atoms in total. The standard InChI is InChI=1S/C13H9NO.Tb/c15-12-7-3-6-11-13(12)10-5-2-1-4-9(10)8-14-11;/h1-6,8H,7H2;. The molecule has 81 valence electrons. The van der Waals surface area contributed by atoms with Gasteiger partial charge in [0, 0.05) is 56.6 Å². The number of pyridine rings is 1. The van der Waals surface area contributed by atoms with Crippen molar-refractivity contribution in [2.24, 2.45) is 0 Å². The number of hydrogen-bond donors (Lipinski definition) is 0. The maximum Gasteiger partial charge on any atom is 0.169 e. The molecular formula is C13H9NOTb. The third-order valence-corrected chi connectivity index (χ3v) is 2.69. The van der Waals surface area contributed by atoms with Crippen molar-refractivity contribution in [1.82, 2.24) is 4.98 Å². The topological polar surface area (TPSA) is 30.0 Å². The molecule has 3 heteroatoms. The first-order chi connectivity index (χ1) is 7.36. The average Bonchev–Trinajstić information content (AvgIpc) is 2.29. The van der Waals surface area contributed by atoms with Gasteiger partial charge in [-0.1, -0.05) is 30.3 Å². The monoisotopic (exact) mass is 354 g/mol. The van der Waals surface area contributed by atoms with Gasteiger partial charge in [0.05, 0.1) is 11.3 Å². The second-order valence-corrected chi connectivity index (χ2v) is 3.64. The van der Waals surface area contributed by atoms with Crippen LogP contribution in [0.4, 0.5) is 0 Å². The number of carbonyl (C=O) groups is 1. The van der Waals surface area contributed by atoms with Gasteiger partial charge in [-0.2, -0.15) is 0 Å². The number of hydrogen-bond acceptors (Lipinski definition) is 2. The van der Waals surface area contributed by atoms with Crippen LogP contribution in [0.25, 0.3) is 16.8 Å². The number of ketones is 1. The van der Waals surface area contributed by atoms with E-state index in [9.17, 15) is 4.79 Å². The molecule has 0 aliphatic heterocycles. The third kappa shape index (κ3) is 1.82. The number of allylic oxidation sites excluding steroid dienone is 1. The third-order valence-electron chi connectivity index (χ3n) is 2.69. The van der Waals surface area contributed by atoms with Gasteiger partial charge in [-0.05, 0) is 11.5 Å². The van der Waals surface area contributed by atoms with Gasteiger partial charge in [-0.15, -0.1) is 0 Å². The summed E-state index contributed by atoms with van der Waals surface area (Å²) in [6, 6.07) is 7.87. The van der Waals surface area contributed by atoms with Crippen molar-refractivity contribution in [3.63, 3.8) is 0 Å². The van der Waals surface area contributed by atoms with E-state index in [0.29, 0.717) is 6.42 Å². The van der Waals surface area contributed by atoms with Crippen LogP contribution in [0.15, 0.2) is 36.5 Å². The SMILES string of the molecule is O=C1CC=Cc2ncc3ccccc3c21.[Tb]. The molecule has 16 heavy (non-hydrogen) atoms. The van der Waals surface area contributed by atoms with E-state index in [2.05, 4.69) is 4.98 Å². The van der Waals surface area contributed by atoms with E-state index in [1.54, 1.807) is 0 Å².